The lowest BCUT2D eigenvalue weighted by Gasteiger charge is -2.09. The molecule has 3 atom stereocenters. The molecule has 0 spiro atoms. The topological polar surface area (TPSA) is 55.1 Å². The maximum absolute atomic E-state index is 11.3. The molecule has 3 N–H and O–H groups in total. The predicted molar refractivity (Wildman–Crippen MR) is 53.2 cm³/mol. The van der Waals surface area contributed by atoms with Gasteiger partial charge in [-0.2, -0.15) is 0 Å². The third kappa shape index (κ3) is 2.99. The highest BCUT2D eigenvalue weighted by molar-refractivity contribution is 5.81. The first-order valence-electron chi connectivity index (χ1n) is 5.25. The molecule has 1 fully saturated rings. The van der Waals surface area contributed by atoms with Crippen molar-refractivity contribution >= 4 is 5.91 Å². The van der Waals surface area contributed by atoms with Gasteiger partial charge in [-0.3, -0.25) is 4.79 Å². The fourth-order valence-corrected chi connectivity index (χ4v) is 1.59. The second-order valence-corrected chi connectivity index (χ2v) is 3.91. The number of nitrogens with one attached hydrogen (secondary N) is 1. The van der Waals surface area contributed by atoms with E-state index in [0.717, 1.165) is 18.8 Å². The highest BCUT2D eigenvalue weighted by Gasteiger charge is 2.37. The van der Waals surface area contributed by atoms with E-state index in [2.05, 4.69) is 12.2 Å². The summed E-state index contributed by atoms with van der Waals surface area (Å²) in [4.78, 5) is 11.3. The summed E-state index contributed by atoms with van der Waals surface area (Å²) >= 11 is 0. The third-order valence-corrected chi connectivity index (χ3v) is 2.69. The van der Waals surface area contributed by atoms with Crippen LogP contribution in [0.5, 0.6) is 0 Å². The van der Waals surface area contributed by atoms with Crippen LogP contribution in [0, 0.1) is 5.92 Å². The average molecular weight is 184 g/mol. The average Bonchev–Trinajstić information content (AvgIpc) is 2.83. The molecule has 0 aliphatic heterocycles. The highest BCUT2D eigenvalue weighted by atomic mass is 16.2. The molecule has 76 valence electrons. The van der Waals surface area contributed by atoms with Crippen molar-refractivity contribution in [1.82, 2.24) is 5.32 Å². The first kappa shape index (κ1) is 10.5. The Bertz CT molecular complexity index is 182. The standard InChI is InChI=1S/C10H20N2O/c1-3-5-7-6-9(7)12-10(13)8(11)4-2/h7-9H,3-6,11H2,1-2H3,(H,12,13)/t7?,8-,9?/m0/s1. The van der Waals surface area contributed by atoms with Crippen LogP contribution in [0.15, 0.2) is 0 Å². The Morgan fingerprint density at radius 3 is 2.85 bits per heavy atom. The van der Waals surface area contributed by atoms with Gasteiger partial charge >= 0.3 is 0 Å². The largest absolute Gasteiger partial charge is 0.352 e. The first-order chi connectivity index (χ1) is 6.19. The fourth-order valence-electron chi connectivity index (χ4n) is 1.59. The van der Waals surface area contributed by atoms with Crippen LogP contribution in [0.3, 0.4) is 0 Å². The maximum Gasteiger partial charge on any atom is 0.237 e. The SMILES string of the molecule is CCCC1CC1NC(=O)[C@@H](N)CC. The van der Waals surface area contributed by atoms with Crippen molar-refractivity contribution < 1.29 is 4.79 Å². The number of carbonyl (C=O) groups excluding carboxylic acids is 1. The van der Waals surface area contributed by atoms with Crippen molar-refractivity contribution in [3.05, 3.63) is 0 Å². The van der Waals surface area contributed by atoms with E-state index in [9.17, 15) is 4.79 Å². The number of carbonyl (C=O) groups is 1. The van der Waals surface area contributed by atoms with Crippen LogP contribution in [0.4, 0.5) is 0 Å². The minimum absolute atomic E-state index is 0.0195. The van der Waals surface area contributed by atoms with E-state index in [1.807, 2.05) is 6.92 Å². The molecular formula is C10H20N2O. The van der Waals surface area contributed by atoms with E-state index in [0.29, 0.717) is 6.04 Å². The van der Waals surface area contributed by atoms with Gasteiger partial charge in [-0.1, -0.05) is 20.3 Å². The van der Waals surface area contributed by atoms with Crippen molar-refractivity contribution in [3.63, 3.8) is 0 Å². The summed E-state index contributed by atoms with van der Waals surface area (Å²) in [5, 5.41) is 2.98. The fraction of sp³-hybridized carbons (Fsp3) is 0.900. The van der Waals surface area contributed by atoms with E-state index in [1.165, 1.54) is 12.8 Å². The van der Waals surface area contributed by atoms with Crippen molar-refractivity contribution in [1.29, 1.82) is 0 Å². The molecule has 1 saturated carbocycles. The Morgan fingerprint density at radius 2 is 2.31 bits per heavy atom. The Balaban J connectivity index is 2.16. The van der Waals surface area contributed by atoms with Gasteiger partial charge in [-0.05, 0) is 25.2 Å². The number of hydrogen-bond donors (Lipinski definition) is 2. The molecule has 3 heteroatoms. The minimum atomic E-state index is -0.317. The van der Waals surface area contributed by atoms with Crippen LogP contribution in [0.25, 0.3) is 0 Å². The summed E-state index contributed by atoms with van der Waals surface area (Å²) in [6, 6.07) is 0.105. The summed E-state index contributed by atoms with van der Waals surface area (Å²) in [7, 11) is 0. The quantitative estimate of drug-likeness (QED) is 0.670. The van der Waals surface area contributed by atoms with Crippen LogP contribution >= 0.6 is 0 Å². The lowest BCUT2D eigenvalue weighted by atomic mass is 10.2. The van der Waals surface area contributed by atoms with Gasteiger partial charge in [0, 0.05) is 6.04 Å². The zero-order valence-electron chi connectivity index (χ0n) is 8.55. The molecular weight excluding hydrogens is 164 g/mol. The van der Waals surface area contributed by atoms with Crippen molar-refractivity contribution in [3.8, 4) is 0 Å². The highest BCUT2D eigenvalue weighted by Crippen LogP contribution is 2.34. The Labute approximate surface area is 80.1 Å². The zero-order valence-corrected chi connectivity index (χ0v) is 8.55. The number of nitrogens with two attached hydrogens (primary N) is 1. The van der Waals surface area contributed by atoms with Crippen LogP contribution in [0.2, 0.25) is 0 Å². The second kappa shape index (κ2) is 4.61. The summed E-state index contributed by atoms with van der Waals surface area (Å²) in [5.74, 6) is 0.740. The van der Waals surface area contributed by atoms with Crippen LogP contribution in [-0.4, -0.2) is 18.0 Å². The molecule has 0 aromatic carbocycles. The molecule has 0 bridgehead atoms. The normalized spacial score (nSPS) is 28.2. The maximum atomic E-state index is 11.3. The first-order valence-corrected chi connectivity index (χ1v) is 5.25. The number of amides is 1. The van der Waals surface area contributed by atoms with Gasteiger partial charge < -0.3 is 11.1 Å². The molecule has 0 saturated heterocycles. The second-order valence-electron chi connectivity index (χ2n) is 3.91. The van der Waals surface area contributed by atoms with E-state index in [1.54, 1.807) is 0 Å². The molecule has 1 aliphatic rings. The van der Waals surface area contributed by atoms with E-state index in [4.69, 9.17) is 5.73 Å². The Hall–Kier alpha value is -0.570. The van der Waals surface area contributed by atoms with Crippen LogP contribution in [0.1, 0.15) is 39.5 Å². The molecule has 0 aromatic heterocycles. The molecule has 0 aromatic rings. The molecule has 1 aliphatic carbocycles. The third-order valence-electron chi connectivity index (χ3n) is 2.69. The molecule has 0 heterocycles. The summed E-state index contributed by atoms with van der Waals surface area (Å²) in [6.45, 7) is 4.11. The van der Waals surface area contributed by atoms with Crippen molar-refractivity contribution in [2.45, 2.75) is 51.6 Å². The van der Waals surface area contributed by atoms with Crippen molar-refractivity contribution in [2.75, 3.05) is 0 Å². The summed E-state index contributed by atoms with van der Waals surface area (Å²) in [6.07, 6.45) is 4.30. The molecule has 13 heavy (non-hydrogen) atoms. The van der Waals surface area contributed by atoms with Gasteiger partial charge in [-0.15, -0.1) is 0 Å². The van der Waals surface area contributed by atoms with Gasteiger partial charge in [0.25, 0.3) is 0 Å². The predicted octanol–water partition coefficient (Wildman–Crippen LogP) is 1.03. The van der Waals surface area contributed by atoms with Gasteiger partial charge in [0.2, 0.25) is 5.91 Å². The zero-order chi connectivity index (χ0) is 9.84. The van der Waals surface area contributed by atoms with E-state index >= 15 is 0 Å². The van der Waals surface area contributed by atoms with Gasteiger partial charge in [0.15, 0.2) is 0 Å². The molecule has 2 unspecified atom stereocenters. The monoisotopic (exact) mass is 184 g/mol. The lowest BCUT2D eigenvalue weighted by molar-refractivity contribution is -0.122. The Morgan fingerprint density at radius 1 is 1.62 bits per heavy atom. The number of hydrogen-bond acceptors (Lipinski definition) is 2. The number of rotatable bonds is 5. The lowest BCUT2D eigenvalue weighted by Crippen LogP contribution is -2.41. The minimum Gasteiger partial charge on any atom is -0.352 e. The summed E-state index contributed by atoms with van der Waals surface area (Å²) < 4.78 is 0. The van der Waals surface area contributed by atoms with E-state index in [-0.39, 0.29) is 11.9 Å². The molecule has 1 amide bonds. The summed E-state index contributed by atoms with van der Waals surface area (Å²) in [5.41, 5.74) is 5.60. The van der Waals surface area contributed by atoms with Gasteiger partial charge in [-0.25, -0.2) is 0 Å². The van der Waals surface area contributed by atoms with Gasteiger partial charge in [0.05, 0.1) is 6.04 Å². The van der Waals surface area contributed by atoms with Crippen LogP contribution < -0.4 is 11.1 Å². The molecule has 0 radical (unpaired) electrons. The molecule has 3 nitrogen and oxygen atoms in total. The molecule has 1 rings (SSSR count). The smallest absolute Gasteiger partial charge is 0.237 e. The van der Waals surface area contributed by atoms with Crippen molar-refractivity contribution in [2.24, 2.45) is 11.7 Å². The van der Waals surface area contributed by atoms with Crippen LogP contribution in [-0.2, 0) is 4.79 Å². The van der Waals surface area contributed by atoms with E-state index < -0.39 is 0 Å². The Kier molecular flexibility index (Phi) is 3.72. The van der Waals surface area contributed by atoms with Gasteiger partial charge in [0.1, 0.15) is 0 Å².